The standard InChI is InChI=1S/C17H20O5/c1-10(14(18)11-8-6-5-7-9-11)13-12(15(19)21-4)16(20)22-17(13,2)3/h5-10,12-13H,1-4H3/t10-,12+,13+/m0/s1. The quantitative estimate of drug-likeness (QED) is 0.485. The summed E-state index contributed by atoms with van der Waals surface area (Å²) in [7, 11) is 1.22. The Bertz CT molecular complexity index is 590. The molecule has 1 saturated heterocycles. The van der Waals surface area contributed by atoms with Gasteiger partial charge in [0.1, 0.15) is 5.60 Å². The summed E-state index contributed by atoms with van der Waals surface area (Å²) in [6, 6.07) is 8.82. The van der Waals surface area contributed by atoms with Gasteiger partial charge in [0.05, 0.1) is 7.11 Å². The molecule has 118 valence electrons. The van der Waals surface area contributed by atoms with E-state index in [-0.39, 0.29) is 5.78 Å². The molecule has 0 unspecified atom stereocenters. The van der Waals surface area contributed by atoms with Gasteiger partial charge in [-0.1, -0.05) is 37.3 Å². The second-order valence-corrected chi connectivity index (χ2v) is 6.07. The lowest BCUT2D eigenvalue weighted by Crippen LogP contribution is -2.41. The van der Waals surface area contributed by atoms with Crippen molar-refractivity contribution in [1.82, 2.24) is 0 Å². The first-order chi connectivity index (χ1) is 10.3. The van der Waals surface area contributed by atoms with Crippen molar-refractivity contribution in [2.24, 2.45) is 17.8 Å². The molecule has 1 aromatic rings. The van der Waals surface area contributed by atoms with E-state index in [9.17, 15) is 14.4 Å². The number of carbonyl (C=O) groups is 3. The third-order valence-corrected chi connectivity index (χ3v) is 4.25. The molecule has 5 nitrogen and oxygen atoms in total. The van der Waals surface area contributed by atoms with Gasteiger partial charge in [-0.05, 0) is 13.8 Å². The summed E-state index contributed by atoms with van der Waals surface area (Å²) in [5.74, 6) is -3.59. The molecule has 0 radical (unpaired) electrons. The maximum Gasteiger partial charge on any atom is 0.321 e. The summed E-state index contributed by atoms with van der Waals surface area (Å²) in [5.41, 5.74) is -0.353. The van der Waals surface area contributed by atoms with Crippen LogP contribution < -0.4 is 0 Å². The number of cyclic esters (lactones) is 1. The number of carbonyl (C=O) groups excluding carboxylic acids is 3. The van der Waals surface area contributed by atoms with Gasteiger partial charge in [0, 0.05) is 17.4 Å². The topological polar surface area (TPSA) is 69.7 Å². The van der Waals surface area contributed by atoms with Gasteiger partial charge in [0.15, 0.2) is 11.7 Å². The van der Waals surface area contributed by atoms with E-state index in [4.69, 9.17) is 9.47 Å². The van der Waals surface area contributed by atoms with Crippen LogP contribution in [0.4, 0.5) is 0 Å². The predicted molar refractivity (Wildman–Crippen MR) is 79.1 cm³/mol. The Labute approximate surface area is 129 Å². The smallest absolute Gasteiger partial charge is 0.321 e. The molecule has 1 aliphatic rings. The molecule has 1 fully saturated rings. The zero-order valence-electron chi connectivity index (χ0n) is 13.2. The molecule has 1 heterocycles. The number of rotatable bonds is 4. The average molecular weight is 304 g/mol. The second-order valence-electron chi connectivity index (χ2n) is 6.07. The molecule has 0 spiro atoms. The third-order valence-electron chi connectivity index (χ3n) is 4.25. The summed E-state index contributed by atoms with van der Waals surface area (Å²) >= 11 is 0. The Hall–Kier alpha value is -2.17. The lowest BCUT2D eigenvalue weighted by atomic mass is 9.72. The first-order valence-electron chi connectivity index (χ1n) is 7.19. The molecule has 1 aromatic carbocycles. The van der Waals surface area contributed by atoms with Crippen LogP contribution in [0.3, 0.4) is 0 Å². The van der Waals surface area contributed by atoms with Crippen LogP contribution in [-0.2, 0) is 19.1 Å². The Morgan fingerprint density at radius 2 is 1.82 bits per heavy atom. The largest absolute Gasteiger partial charge is 0.468 e. The first kappa shape index (κ1) is 16.2. The summed E-state index contributed by atoms with van der Waals surface area (Å²) < 4.78 is 10.0. The fraction of sp³-hybridized carbons (Fsp3) is 0.471. The van der Waals surface area contributed by atoms with Gasteiger partial charge in [0.25, 0.3) is 0 Å². The van der Waals surface area contributed by atoms with Crippen LogP contribution in [0.1, 0.15) is 31.1 Å². The maximum atomic E-state index is 12.7. The van der Waals surface area contributed by atoms with Crippen molar-refractivity contribution in [2.75, 3.05) is 7.11 Å². The van der Waals surface area contributed by atoms with Crippen LogP contribution in [0.5, 0.6) is 0 Å². The molecule has 3 atom stereocenters. The van der Waals surface area contributed by atoms with E-state index < -0.39 is 35.3 Å². The highest BCUT2D eigenvalue weighted by Gasteiger charge is 2.57. The molecule has 22 heavy (non-hydrogen) atoms. The lowest BCUT2D eigenvalue weighted by molar-refractivity contribution is -0.156. The SMILES string of the molecule is COC(=O)[C@@H]1C(=O)OC(C)(C)[C@@H]1[C@H](C)C(=O)c1ccccc1. The molecule has 0 N–H and O–H groups in total. The molecule has 1 aliphatic heterocycles. The fourth-order valence-corrected chi connectivity index (χ4v) is 3.23. The van der Waals surface area contributed by atoms with E-state index in [0.717, 1.165) is 0 Å². The van der Waals surface area contributed by atoms with Crippen LogP contribution in [0.25, 0.3) is 0 Å². The molecule has 2 rings (SSSR count). The van der Waals surface area contributed by atoms with E-state index in [1.165, 1.54) is 7.11 Å². The number of ketones is 1. The van der Waals surface area contributed by atoms with Crippen molar-refractivity contribution < 1.29 is 23.9 Å². The monoisotopic (exact) mass is 304 g/mol. The number of esters is 2. The summed E-state index contributed by atoms with van der Waals surface area (Å²) in [6.45, 7) is 5.15. The number of benzene rings is 1. The van der Waals surface area contributed by atoms with Crippen molar-refractivity contribution in [1.29, 1.82) is 0 Å². The number of hydrogen-bond donors (Lipinski definition) is 0. The highest BCUT2D eigenvalue weighted by atomic mass is 16.6. The van der Waals surface area contributed by atoms with Gasteiger partial charge < -0.3 is 9.47 Å². The molecule has 0 aliphatic carbocycles. The van der Waals surface area contributed by atoms with Crippen LogP contribution in [0, 0.1) is 17.8 Å². The maximum absolute atomic E-state index is 12.7. The van der Waals surface area contributed by atoms with Crippen molar-refractivity contribution in [3.8, 4) is 0 Å². The molecule has 0 saturated carbocycles. The molecule has 0 bridgehead atoms. The van der Waals surface area contributed by atoms with Crippen LogP contribution in [0.2, 0.25) is 0 Å². The minimum absolute atomic E-state index is 0.120. The predicted octanol–water partition coefficient (Wildman–Crippen LogP) is 2.25. The van der Waals surface area contributed by atoms with E-state index in [1.807, 2.05) is 6.07 Å². The average Bonchev–Trinajstić information content (AvgIpc) is 2.74. The molecule has 5 heteroatoms. The molecule has 0 amide bonds. The molecular weight excluding hydrogens is 284 g/mol. The summed E-state index contributed by atoms with van der Waals surface area (Å²) in [4.78, 5) is 36.6. The number of Topliss-reactive ketones (excluding diaryl/α,β-unsaturated/α-hetero) is 1. The van der Waals surface area contributed by atoms with Crippen molar-refractivity contribution in [3.05, 3.63) is 35.9 Å². The van der Waals surface area contributed by atoms with Crippen LogP contribution in [-0.4, -0.2) is 30.4 Å². The fourth-order valence-electron chi connectivity index (χ4n) is 3.23. The Morgan fingerprint density at radius 3 is 2.36 bits per heavy atom. The lowest BCUT2D eigenvalue weighted by Gasteiger charge is -2.30. The zero-order chi connectivity index (χ0) is 16.5. The van der Waals surface area contributed by atoms with Crippen molar-refractivity contribution in [3.63, 3.8) is 0 Å². The van der Waals surface area contributed by atoms with Gasteiger partial charge in [-0.2, -0.15) is 0 Å². The van der Waals surface area contributed by atoms with Crippen molar-refractivity contribution in [2.45, 2.75) is 26.4 Å². The van der Waals surface area contributed by atoms with Gasteiger partial charge in [-0.25, -0.2) is 0 Å². The molecule has 0 aromatic heterocycles. The molecular formula is C17H20O5. The zero-order valence-corrected chi connectivity index (χ0v) is 13.2. The Balaban J connectivity index is 2.36. The Morgan fingerprint density at radius 1 is 1.23 bits per heavy atom. The van der Waals surface area contributed by atoms with Crippen LogP contribution in [0.15, 0.2) is 30.3 Å². The second kappa shape index (κ2) is 5.91. The third kappa shape index (κ3) is 2.75. The van der Waals surface area contributed by atoms with E-state index in [2.05, 4.69) is 0 Å². The van der Waals surface area contributed by atoms with E-state index in [0.29, 0.717) is 5.56 Å². The number of hydrogen-bond acceptors (Lipinski definition) is 5. The Kier molecular flexibility index (Phi) is 4.35. The first-order valence-corrected chi connectivity index (χ1v) is 7.19. The minimum Gasteiger partial charge on any atom is -0.468 e. The number of ether oxygens (including phenoxy) is 2. The highest BCUT2D eigenvalue weighted by Crippen LogP contribution is 2.43. The van der Waals surface area contributed by atoms with Gasteiger partial charge in [0.2, 0.25) is 0 Å². The van der Waals surface area contributed by atoms with Gasteiger partial charge in [-0.3, -0.25) is 14.4 Å². The van der Waals surface area contributed by atoms with Gasteiger partial charge >= 0.3 is 11.9 Å². The van der Waals surface area contributed by atoms with Crippen LogP contribution >= 0.6 is 0 Å². The number of methoxy groups -OCH3 is 1. The normalized spacial score (nSPS) is 24.5. The van der Waals surface area contributed by atoms with Crippen molar-refractivity contribution >= 4 is 17.7 Å². The van der Waals surface area contributed by atoms with Gasteiger partial charge in [-0.15, -0.1) is 0 Å². The highest BCUT2D eigenvalue weighted by molar-refractivity contribution is 6.01. The summed E-state index contributed by atoms with van der Waals surface area (Å²) in [5, 5.41) is 0. The van der Waals surface area contributed by atoms with E-state index in [1.54, 1.807) is 45.0 Å². The van der Waals surface area contributed by atoms with E-state index >= 15 is 0 Å². The minimum atomic E-state index is -1.07. The summed E-state index contributed by atoms with van der Waals surface area (Å²) in [6.07, 6.45) is 0.